The summed E-state index contributed by atoms with van der Waals surface area (Å²) in [5.74, 6) is 0.906. The minimum atomic E-state index is -0.0106. The van der Waals surface area contributed by atoms with E-state index in [0.717, 1.165) is 75.5 Å². The molecule has 0 bridgehead atoms. The highest BCUT2D eigenvalue weighted by Gasteiger charge is 2.34. The van der Waals surface area contributed by atoms with E-state index in [2.05, 4.69) is 29.0 Å². The number of anilines is 1. The summed E-state index contributed by atoms with van der Waals surface area (Å²) in [5, 5.41) is 3.14. The number of hydrogen-bond donors (Lipinski definition) is 1. The van der Waals surface area contributed by atoms with Gasteiger partial charge in [-0.05, 0) is 50.4 Å². The highest BCUT2D eigenvalue weighted by Crippen LogP contribution is 2.36. The number of benzene rings is 1. The molecule has 0 aliphatic carbocycles. The lowest BCUT2D eigenvalue weighted by Crippen LogP contribution is -2.52. The second-order valence-corrected chi connectivity index (χ2v) is 9.84. The number of carbonyl (C=O) groups is 2. The molecule has 0 radical (unpaired) electrons. The zero-order valence-corrected chi connectivity index (χ0v) is 21.1. The fourth-order valence-electron chi connectivity index (χ4n) is 5.16. The van der Waals surface area contributed by atoms with E-state index >= 15 is 0 Å². The van der Waals surface area contributed by atoms with E-state index in [-0.39, 0.29) is 24.0 Å². The number of nitrogens with one attached hydrogen (secondary N) is 1. The lowest BCUT2D eigenvalue weighted by molar-refractivity contribution is -0.126. The van der Waals surface area contributed by atoms with E-state index in [1.807, 2.05) is 34.9 Å². The van der Waals surface area contributed by atoms with Crippen LogP contribution >= 0.6 is 0 Å². The number of fused-ring (bicyclic) bond motifs is 1. The number of urea groups is 1. The minimum Gasteiger partial charge on any atom is -0.486 e. The fourth-order valence-corrected chi connectivity index (χ4v) is 5.16. The predicted molar refractivity (Wildman–Crippen MR) is 134 cm³/mol. The van der Waals surface area contributed by atoms with E-state index in [1.54, 1.807) is 0 Å². The highest BCUT2D eigenvalue weighted by molar-refractivity contribution is 5.94. The van der Waals surface area contributed by atoms with Crippen LogP contribution in [0.2, 0.25) is 0 Å². The van der Waals surface area contributed by atoms with Crippen LogP contribution in [0.3, 0.4) is 0 Å². The van der Waals surface area contributed by atoms with Gasteiger partial charge in [-0.1, -0.05) is 19.9 Å². The number of aryl methyl sites for hydroxylation is 1. The van der Waals surface area contributed by atoms with Crippen molar-refractivity contribution in [1.82, 2.24) is 20.0 Å². The van der Waals surface area contributed by atoms with Crippen molar-refractivity contribution in [3.05, 3.63) is 23.8 Å². The Morgan fingerprint density at radius 1 is 1.03 bits per heavy atom. The van der Waals surface area contributed by atoms with Crippen LogP contribution in [0, 0.1) is 12.8 Å². The van der Waals surface area contributed by atoms with Gasteiger partial charge in [0.15, 0.2) is 0 Å². The molecule has 188 valence electrons. The maximum Gasteiger partial charge on any atom is 0.324 e. The van der Waals surface area contributed by atoms with Crippen molar-refractivity contribution >= 4 is 17.6 Å². The number of piperidine rings is 1. The molecule has 3 aliphatic heterocycles. The Morgan fingerprint density at radius 2 is 1.74 bits per heavy atom. The number of hydrogen-bond acceptors (Lipinski definition) is 5. The number of likely N-dealkylation sites (N-methyl/N-ethyl adjacent to an activating group) is 1. The van der Waals surface area contributed by atoms with Crippen molar-refractivity contribution in [3.8, 4) is 5.75 Å². The normalized spacial score (nSPS) is 22.3. The van der Waals surface area contributed by atoms with Crippen LogP contribution in [0.4, 0.5) is 10.5 Å². The molecule has 3 heterocycles. The molecule has 0 saturated carbocycles. The molecule has 0 spiro atoms. The first-order valence-electron chi connectivity index (χ1n) is 13.0. The average Bonchev–Trinajstić information content (AvgIpc) is 2.88. The second-order valence-electron chi connectivity index (χ2n) is 9.84. The van der Waals surface area contributed by atoms with Gasteiger partial charge in [-0.2, -0.15) is 0 Å². The number of nitrogens with zero attached hydrogens (tertiary/aromatic N) is 4. The molecular formula is C26H41N5O3. The largest absolute Gasteiger partial charge is 0.486 e. The molecule has 3 amide bonds. The Hall–Kier alpha value is -2.32. The number of rotatable bonds is 6. The zero-order chi connectivity index (χ0) is 24.1. The molecule has 4 rings (SSSR count). The summed E-state index contributed by atoms with van der Waals surface area (Å²) < 4.78 is 6.07. The standard InChI is InChI=1S/C26H41N5O3/c1-4-22-19-31(23-18-20(3)6-7-24(23)34-22)26(33)30-11-8-21(9-12-30)25(32)27-10-13-29-16-14-28(5-2)15-17-29/h6-7,18,21-22H,4-5,8-17,19H2,1-3H3,(H,27,32). The van der Waals surface area contributed by atoms with Gasteiger partial charge in [0.2, 0.25) is 5.91 Å². The van der Waals surface area contributed by atoms with E-state index in [0.29, 0.717) is 26.2 Å². The lowest BCUT2D eigenvalue weighted by atomic mass is 9.96. The van der Waals surface area contributed by atoms with E-state index in [9.17, 15) is 9.59 Å². The first kappa shape index (κ1) is 24.8. The van der Waals surface area contributed by atoms with Crippen molar-refractivity contribution in [2.24, 2.45) is 5.92 Å². The minimum absolute atomic E-state index is 0.00687. The SMILES string of the molecule is CCC1CN(C(=O)N2CCC(C(=O)NCCN3CCN(CC)CC3)CC2)c2cc(C)ccc2O1. The van der Waals surface area contributed by atoms with Crippen molar-refractivity contribution in [1.29, 1.82) is 0 Å². The first-order chi connectivity index (χ1) is 16.5. The van der Waals surface area contributed by atoms with E-state index in [4.69, 9.17) is 4.74 Å². The van der Waals surface area contributed by atoms with E-state index in [1.165, 1.54) is 0 Å². The highest BCUT2D eigenvalue weighted by atomic mass is 16.5. The maximum absolute atomic E-state index is 13.4. The Morgan fingerprint density at radius 3 is 2.41 bits per heavy atom. The molecule has 8 heteroatoms. The smallest absolute Gasteiger partial charge is 0.324 e. The third kappa shape index (κ3) is 5.84. The summed E-state index contributed by atoms with van der Waals surface area (Å²) in [4.78, 5) is 34.8. The van der Waals surface area contributed by atoms with Crippen LogP contribution in [0.1, 0.15) is 38.7 Å². The summed E-state index contributed by atoms with van der Waals surface area (Å²) >= 11 is 0. The number of amides is 3. The number of likely N-dealkylation sites (tertiary alicyclic amines) is 1. The summed E-state index contributed by atoms with van der Waals surface area (Å²) in [6.45, 7) is 15.2. The van der Waals surface area contributed by atoms with Gasteiger partial charge in [0, 0.05) is 58.3 Å². The Bertz CT molecular complexity index is 847. The van der Waals surface area contributed by atoms with Crippen LogP contribution in [0.25, 0.3) is 0 Å². The molecule has 1 unspecified atom stereocenters. The molecule has 1 atom stereocenters. The third-order valence-electron chi connectivity index (χ3n) is 7.55. The average molecular weight is 472 g/mol. The van der Waals surface area contributed by atoms with Crippen molar-refractivity contribution in [2.45, 2.75) is 46.1 Å². The molecule has 34 heavy (non-hydrogen) atoms. The number of piperazine rings is 1. The van der Waals surface area contributed by atoms with E-state index < -0.39 is 0 Å². The van der Waals surface area contributed by atoms with Crippen molar-refractivity contribution in [2.75, 3.05) is 70.3 Å². The van der Waals surface area contributed by atoms with Crippen LogP contribution in [0.15, 0.2) is 18.2 Å². The molecule has 1 aromatic carbocycles. The predicted octanol–water partition coefficient (Wildman–Crippen LogP) is 2.56. The van der Waals surface area contributed by atoms with Crippen LogP contribution in [-0.2, 0) is 4.79 Å². The number of ether oxygens (including phenoxy) is 1. The molecule has 1 aromatic rings. The molecular weight excluding hydrogens is 430 g/mol. The Labute approximate surface area is 204 Å². The molecule has 1 N–H and O–H groups in total. The fraction of sp³-hybridized carbons (Fsp3) is 0.692. The summed E-state index contributed by atoms with van der Waals surface area (Å²) in [6, 6.07) is 6.04. The topological polar surface area (TPSA) is 68.4 Å². The summed E-state index contributed by atoms with van der Waals surface area (Å²) in [7, 11) is 0. The van der Waals surface area contributed by atoms with Gasteiger partial charge in [0.05, 0.1) is 12.2 Å². The van der Waals surface area contributed by atoms with Gasteiger partial charge in [-0.3, -0.25) is 14.6 Å². The summed E-state index contributed by atoms with van der Waals surface area (Å²) in [5.41, 5.74) is 1.96. The quantitative estimate of drug-likeness (QED) is 0.691. The van der Waals surface area contributed by atoms with Gasteiger partial charge >= 0.3 is 6.03 Å². The second kappa shape index (κ2) is 11.4. The van der Waals surface area contributed by atoms with Crippen LogP contribution in [-0.4, -0.2) is 98.2 Å². The molecule has 8 nitrogen and oxygen atoms in total. The number of carbonyl (C=O) groups excluding carboxylic acids is 2. The van der Waals surface area contributed by atoms with Gasteiger partial charge in [0.1, 0.15) is 11.9 Å². The Kier molecular flexibility index (Phi) is 8.32. The van der Waals surface area contributed by atoms with Gasteiger partial charge in [-0.25, -0.2) is 4.79 Å². The van der Waals surface area contributed by atoms with Gasteiger partial charge < -0.3 is 19.9 Å². The molecule has 2 saturated heterocycles. The maximum atomic E-state index is 13.4. The van der Waals surface area contributed by atoms with Crippen molar-refractivity contribution < 1.29 is 14.3 Å². The van der Waals surface area contributed by atoms with Crippen LogP contribution in [0.5, 0.6) is 5.75 Å². The van der Waals surface area contributed by atoms with Gasteiger partial charge in [-0.15, -0.1) is 0 Å². The van der Waals surface area contributed by atoms with Crippen molar-refractivity contribution in [3.63, 3.8) is 0 Å². The third-order valence-corrected chi connectivity index (χ3v) is 7.55. The lowest BCUT2D eigenvalue weighted by Gasteiger charge is -2.39. The van der Waals surface area contributed by atoms with Crippen LogP contribution < -0.4 is 15.0 Å². The zero-order valence-electron chi connectivity index (χ0n) is 21.1. The molecule has 3 aliphatic rings. The molecule has 0 aromatic heterocycles. The monoisotopic (exact) mass is 471 g/mol. The Balaban J connectivity index is 1.25. The summed E-state index contributed by atoms with van der Waals surface area (Å²) in [6.07, 6.45) is 2.30. The molecule has 2 fully saturated rings. The van der Waals surface area contributed by atoms with Gasteiger partial charge in [0.25, 0.3) is 0 Å². The first-order valence-corrected chi connectivity index (χ1v) is 13.0.